The molecule has 0 spiro atoms. The quantitative estimate of drug-likeness (QED) is 0.887. The molecule has 2 amide bonds. The molecule has 106 valence electrons. The van der Waals surface area contributed by atoms with Crippen LogP contribution in [0.25, 0.3) is 0 Å². The van der Waals surface area contributed by atoms with E-state index in [9.17, 15) is 4.79 Å². The Morgan fingerprint density at radius 3 is 3.16 bits per heavy atom. The van der Waals surface area contributed by atoms with Gasteiger partial charge in [0.2, 0.25) is 0 Å². The number of thiophene rings is 1. The van der Waals surface area contributed by atoms with Crippen LogP contribution < -0.4 is 10.6 Å². The number of anilines is 1. The van der Waals surface area contributed by atoms with Crippen LogP contribution in [0.4, 0.5) is 10.5 Å². The molecule has 1 aliphatic heterocycles. The van der Waals surface area contributed by atoms with Crippen LogP contribution in [-0.2, 0) is 4.74 Å². The van der Waals surface area contributed by atoms with Crippen LogP contribution in [0, 0.1) is 6.92 Å². The molecule has 0 saturated carbocycles. The number of carbonyl (C=O) groups is 1. The van der Waals surface area contributed by atoms with Crippen molar-refractivity contribution >= 4 is 23.1 Å². The van der Waals surface area contributed by atoms with Crippen molar-refractivity contribution in [2.24, 2.45) is 0 Å². The highest BCUT2D eigenvalue weighted by atomic mass is 32.1. The molecule has 2 rings (SSSR count). The number of urea groups is 1. The number of hydrogen-bond acceptors (Lipinski definition) is 4. The monoisotopic (exact) mass is 283 g/mol. The van der Waals surface area contributed by atoms with Crippen molar-refractivity contribution in [3.8, 4) is 0 Å². The molecular weight excluding hydrogens is 262 g/mol. The summed E-state index contributed by atoms with van der Waals surface area (Å²) in [4.78, 5) is 15.2. The summed E-state index contributed by atoms with van der Waals surface area (Å²) in [6.07, 6.45) is 0.288. The third-order valence-corrected chi connectivity index (χ3v) is 3.89. The Hall–Kier alpha value is -1.11. The number of ether oxygens (including phenoxy) is 1. The lowest BCUT2D eigenvalue weighted by atomic mass is 10.3. The molecule has 1 saturated heterocycles. The summed E-state index contributed by atoms with van der Waals surface area (Å²) in [7, 11) is 0. The van der Waals surface area contributed by atoms with Gasteiger partial charge < -0.3 is 15.4 Å². The van der Waals surface area contributed by atoms with E-state index in [-0.39, 0.29) is 12.1 Å². The summed E-state index contributed by atoms with van der Waals surface area (Å²) in [5.74, 6) is 0. The van der Waals surface area contributed by atoms with Gasteiger partial charge in [0.1, 0.15) is 0 Å². The summed E-state index contributed by atoms with van der Waals surface area (Å²) in [6, 6.07) is 1.83. The lowest BCUT2D eigenvalue weighted by Gasteiger charge is -2.30. The van der Waals surface area contributed by atoms with Crippen molar-refractivity contribution in [2.75, 3.05) is 38.1 Å². The van der Waals surface area contributed by atoms with Gasteiger partial charge in [-0.1, -0.05) is 0 Å². The summed E-state index contributed by atoms with van der Waals surface area (Å²) in [6.45, 7) is 8.27. The van der Waals surface area contributed by atoms with Crippen molar-refractivity contribution in [3.63, 3.8) is 0 Å². The van der Waals surface area contributed by atoms with Crippen LogP contribution >= 0.6 is 11.3 Å². The van der Waals surface area contributed by atoms with Crippen LogP contribution in [0.2, 0.25) is 0 Å². The fourth-order valence-corrected chi connectivity index (χ4v) is 2.74. The third-order valence-electron chi connectivity index (χ3n) is 3.03. The number of hydrogen-bond donors (Lipinski definition) is 2. The van der Waals surface area contributed by atoms with Crippen molar-refractivity contribution in [2.45, 2.75) is 20.0 Å². The largest absolute Gasteiger partial charge is 0.376 e. The van der Waals surface area contributed by atoms with Crippen LogP contribution in [-0.4, -0.2) is 49.8 Å². The fourth-order valence-electron chi connectivity index (χ4n) is 2.11. The van der Waals surface area contributed by atoms with E-state index in [1.54, 1.807) is 11.3 Å². The summed E-state index contributed by atoms with van der Waals surface area (Å²) in [5, 5.41) is 7.64. The van der Waals surface area contributed by atoms with Crippen molar-refractivity contribution in [1.82, 2.24) is 10.2 Å². The van der Waals surface area contributed by atoms with Crippen LogP contribution in [0.15, 0.2) is 11.4 Å². The van der Waals surface area contributed by atoms with E-state index >= 15 is 0 Å². The SMILES string of the molecule is Cc1cc(NC(=O)NCCN2CCOC(C)C2)cs1. The number of aryl methyl sites for hydroxylation is 1. The number of nitrogens with one attached hydrogen (secondary N) is 2. The van der Waals surface area contributed by atoms with Gasteiger partial charge in [-0.2, -0.15) is 0 Å². The molecule has 1 aliphatic rings. The molecule has 2 N–H and O–H groups in total. The highest BCUT2D eigenvalue weighted by Gasteiger charge is 2.16. The van der Waals surface area contributed by atoms with Crippen molar-refractivity contribution in [1.29, 1.82) is 0 Å². The maximum Gasteiger partial charge on any atom is 0.319 e. The molecule has 1 unspecified atom stereocenters. The Morgan fingerprint density at radius 1 is 1.63 bits per heavy atom. The second-order valence-corrected chi connectivity index (χ2v) is 5.92. The van der Waals surface area contributed by atoms with Gasteiger partial charge in [0.25, 0.3) is 0 Å². The van der Waals surface area contributed by atoms with E-state index in [4.69, 9.17) is 4.74 Å². The van der Waals surface area contributed by atoms with Crippen LogP contribution in [0.3, 0.4) is 0 Å². The minimum atomic E-state index is -0.140. The first-order valence-corrected chi connectivity index (χ1v) is 7.45. The van der Waals surface area contributed by atoms with Gasteiger partial charge in [-0.3, -0.25) is 4.90 Å². The standard InChI is InChI=1S/C13H21N3O2S/c1-10-8-16(5-6-18-10)4-3-14-13(17)15-12-7-11(2)19-9-12/h7,9-10H,3-6,8H2,1-2H3,(H2,14,15,17). The van der Waals surface area contributed by atoms with Crippen LogP contribution in [0.5, 0.6) is 0 Å². The molecule has 0 radical (unpaired) electrons. The average Bonchev–Trinajstić information content (AvgIpc) is 2.75. The number of carbonyl (C=O) groups excluding carboxylic acids is 1. The highest BCUT2D eigenvalue weighted by Crippen LogP contribution is 2.17. The lowest BCUT2D eigenvalue weighted by Crippen LogP contribution is -2.45. The lowest BCUT2D eigenvalue weighted by molar-refractivity contribution is -0.0174. The van der Waals surface area contributed by atoms with Gasteiger partial charge in [-0.05, 0) is 19.9 Å². The van der Waals surface area contributed by atoms with Gasteiger partial charge in [0.05, 0.1) is 18.4 Å². The fraction of sp³-hybridized carbons (Fsp3) is 0.615. The van der Waals surface area contributed by atoms with E-state index < -0.39 is 0 Å². The first kappa shape index (κ1) is 14.3. The Balaban J connectivity index is 1.63. The molecule has 1 atom stereocenters. The summed E-state index contributed by atoms with van der Waals surface area (Å²) >= 11 is 1.63. The first-order chi connectivity index (χ1) is 9.13. The van der Waals surface area contributed by atoms with Gasteiger partial charge in [-0.25, -0.2) is 4.79 Å². The van der Waals surface area contributed by atoms with Crippen molar-refractivity contribution < 1.29 is 9.53 Å². The number of rotatable bonds is 4. The Kier molecular flexibility index (Phi) is 5.18. The minimum Gasteiger partial charge on any atom is -0.376 e. The van der Waals surface area contributed by atoms with Gasteiger partial charge in [0.15, 0.2) is 0 Å². The molecule has 1 fully saturated rings. The average molecular weight is 283 g/mol. The first-order valence-electron chi connectivity index (χ1n) is 6.57. The molecule has 1 aromatic heterocycles. The molecule has 0 bridgehead atoms. The molecule has 6 heteroatoms. The molecule has 19 heavy (non-hydrogen) atoms. The maximum absolute atomic E-state index is 11.7. The normalized spacial score (nSPS) is 20.2. The van der Waals surface area contributed by atoms with E-state index in [1.165, 1.54) is 4.88 Å². The Morgan fingerprint density at radius 2 is 2.47 bits per heavy atom. The third kappa shape index (κ3) is 4.81. The molecular formula is C13H21N3O2S. The number of nitrogens with zero attached hydrogens (tertiary/aromatic N) is 1. The molecule has 0 aromatic carbocycles. The zero-order valence-electron chi connectivity index (χ0n) is 11.4. The smallest absolute Gasteiger partial charge is 0.319 e. The molecule has 0 aliphatic carbocycles. The predicted molar refractivity (Wildman–Crippen MR) is 77.9 cm³/mol. The molecule has 1 aromatic rings. The minimum absolute atomic E-state index is 0.140. The maximum atomic E-state index is 11.7. The second-order valence-electron chi connectivity index (χ2n) is 4.81. The topological polar surface area (TPSA) is 53.6 Å². The summed E-state index contributed by atoms with van der Waals surface area (Å²) in [5.41, 5.74) is 0.861. The predicted octanol–water partition coefficient (Wildman–Crippen LogP) is 1.90. The Bertz CT molecular complexity index is 422. The second kappa shape index (κ2) is 6.88. The van der Waals surface area contributed by atoms with Crippen molar-refractivity contribution in [3.05, 3.63) is 16.3 Å². The van der Waals surface area contributed by atoms with E-state index in [2.05, 4.69) is 22.5 Å². The zero-order chi connectivity index (χ0) is 13.7. The number of morpholine rings is 1. The summed E-state index contributed by atoms with van der Waals surface area (Å²) < 4.78 is 5.48. The molecule has 2 heterocycles. The molecule has 5 nitrogen and oxygen atoms in total. The highest BCUT2D eigenvalue weighted by molar-refractivity contribution is 7.10. The van der Waals surface area contributed by atoms with Gasteiger partial charge in [-0.15, -0.1) is 11.3 Å². The Labute approximate surface area is 117 Å². The van der Waals surface area contributed by atoms with E-state index in [0.717, 1.165) is 31.9 Å². The van der Waals surface area contributed by atoms with E-state index in [0.29, 0.717) is 6.54 Å². The van der Waals surface area contributed by atoms with Crippen LogP contribution in [0.1, 0.15) is 11.8 Å². The van der Waals surface area contributed by atoms with E-state index in [1.807, 2.05) is 18.4 Å². The van der Waals surface area contributed by atoms with Gasteiger partial charge in [0, 0.05) is 36.4 Å². The number of amides is 2. The van der Waals surface area contributed by atoms with Gasteiger partial charge >= 0.3 is 6.03 Å². The zero-order valence-corrected chi connectivity index (χ0v) is 12.3.